The molecule has 17 heavy (non-hydrogen) atoms. The highest BCUT2D eigenvalue weighted by atomic mass is 16.6. The normalized spacial score (nSPS) is 24.5. The summed E-state index contributed by atoms with van der Waals surface area (Å²) in [6.07, 6.45) is 1.73. The van der Waals surface area contributed by atoms with Gasteiger partial charge in [-0.3, -0.25) is 10.1 Å². The van der Waals surface area contributed by atoms with Crippen LogP contribution in [-0.4, -0.2) is 29.3 Å². The first-order valence-electron chi connectivity index (χ1n) is 5.67. The summed E-state index contributed by atoms with van der Waals surface area (Å²) in [5.41, 5.74) is 1.17. The van der Waals surface area contributed by atoms with Crippen LogP contribution in [-0.2, 0) is 4.74 Å². The van der Waals surface area contributed by atoms with Gasteiger partial charge in [-0.25, -0.2) is 0 Å². The molecule has 5 heteroatoms. The Morgan fingerprint density at radius 3 is 2.53 bits per heavy atom. The van der Waals surface area contributed by atoms with Crippen molar-refractivity contribution >= 4 is 5.69 Å². The van der Waals surface area contributed by atoms with E-state index < -0.39 is 4.92 Å². The molecular formula is C12H15NO4. The molecule has 2 rings (SSSR count). The molecular weight excluding hydrogens is 222 g/mol. The number of nitrogens with zero attached hydrogens (tertiary/aromatic N) is 1. The molecule has 1 N–H and O–H groups in total. The van der Waals surface area contributed by atoms with Gasteiger partial charge in [0.05, 0.1) is 24.2 Å². The van der Waals surface area contributed by atoms with Crippen molar-refractivity contribution in [1.82, 2.24) is 0 Å². The second kappa shape index (κ2) is 5.25. The number of rotatable bonds is 3. The number of aliphatic hydroxyl groups is 1. The summed E-state index contributed by atoms with van der Waals surface area (Å²) < 4.78 is 5.49. The number of hydrogen-bond acceptors (Lipinski definition) is 4. The number of nitro groups is 1. The molecule has 0 saturated carbocycles. The third-order valence-corrected chi connectivity index (χ3v) is 3.15. The van der Waals surface area contributed by atoms with E-state index in [0.717, 1.165) is 18.4 Å². The molecule has 92 valence electrons. The minimum Gasteiger partial charge on any atom is -0.394 e. The highest BCUT2D eigenvalue weighted by Crippen LogP contribution is 2.29. The Morgan fingerprint density at radius 2 is 2.06 bits per heavy atom. The van der Waals surface area contributed by atoms with Crippen LogP contribution in [0.5, 0.6) is 0 Å². The van der Waals surface area contributed by atoms with Crippen LogP contribution in [0.4, 0.5) is 5.69 Å². The molecule has 0 spiro atoms. The maximum Gasteiger partial charge on any atom is 0.269 e. The van der Waals surface area contributed by atoms with Crippen LogP contribution in [0.15, 0.2) is 24.3 Å². The van der Waals surface area contributed by atoms with Gasteiger partial charge in [0, 0.05) is 18.1 Å². The highest BCUT2D eigenvalue weighted by molar-refractivity contribution is 5.34. The first-order chi connectivity index (χ1) is 8.20. The molecule has 2 atom stereocenters. The number of hydrogen-bond donors (Lipinski definition) is 1. The summed E-state index contributed by atoms with van der Waals surface area (Å²) in [5, 5.41) is 19.5. The predicted octanol–water partition coefficient (Wildman–Crippen LogP) is 1.85. The van der Waals surface area contributed by atoms with E-state index in [4.69, 9.17) is 9.84 Å². The van der Waals surface area contributed by atoms with Gasteiger partial charge in [-0.05, 0) is 18.4 Å². The first-order valence-corrected chi connectivity index (χ1v) is 5.67. The molecule has 1 heterocycles. The zero-order valence-corrected chi connectivity index (χ0v) is 9.41. The Kier molecular flexibility index (Phi) is 3.71. The molecule has 1 saturated heterocycles. The number of aliphatic hydroxyl groups excluding tert-OH is 1. The molecule has 0 unspecified atom stereocenters. The van der Waals surface area contributed by atoms with Gasteiger partial charge in [0.25, 0.3) is 5.69 Å². The van der Waals surface area contributed by atoms with Crippen molar-refractivity contribution in [3.05, 3.63) is 39.9 Å². The fraction of sp³-hybridized carbons (Fsp3) is 0.500. The quantitative estimate of drug-likeness (QED) is 0.643. The lowest BCUT2D eigenvalue weighted by molar-refractivity contribution is -0.384. The van der Waals surface area contributed by atoms with E-state index >= 15 is 0 Å². The molecule has 0 bridgehead atoms. The van der Waals surface area contributed by atoms with Gasteiger partial charge in [-0.15, -0.1) is 0 Å². The largest absolute Gasteiger partial charge is 0.394 e. The second-order valence-electron chi connectivity index (χ2n) is 4.26. The standard InChI is InChI=1S/C12H15NO4/c14-7-12-6-3-10(8-17-12)9-1-4-11(5-2-9)13(15)16/h1-2,4-5,10,12,14H,3,6-8H2/t10-,12-/m0/s1. The van der Waals surface area contributed by atoms with Gasteiger partial charge in [0.15, 0.2) is 0 Å². The van der Waals surface area contributed by atoms with Gasteiger partial charge < -0.3 is 9.84 Å². The summed E-state index contributed by atoms with van der Waals surface area (Å²) >= 11 is 0. The van der Waals surface area contributed by atoms with Gasteiger partial charge in [-0.2, -0.15) is 0 Å². The number of non-ortho nitro benzene ring substituents is 1. The fourth-order valence-electron chi connectivity index (χ4n) is 2.08. The van der Waals surface area contributed by atoms with Gasteiger partial charge in [-0.1, -0.05) is 12.1 Å². The summed E-state index contributed by atoms with van der Waals surface area (Å²) in [6, 6.07) is 6.61. The Morgan fingerprint density at radius 1 is 1.35 bits per heavy atom. The maximum atomic E-state index is 10.5. The van der Waals surface area contributed by atoms with Crippen molar-refractivity contribution in [2.75, 3.05) is 13.2 Å². The fourth-order valence-corrected chi connectivity index (χ4v) is 2.08. The van der Waals surface area contributed by atoms with Crippen LogP contribution in [0.1, 0.15) is 24.3 Å². The van der Waals surface area contributed by atoms with E-state index in [1.54, 1.807) is 12.1 Å². The molecule has 1 aromatic rings. The van der Waals surface area contributed by atoms with Crippen LogP contribution >= 0.6 is 0 Å². The summed E-state index contributed by atoms with van der Waals surface area (Å²) in [6.45, 7) is 0.635. The van der Waals surface area contributed by atoms with Crippen molar-refractivity contribution in [1.29, 1.82) is 0 Å². The molecule has 1 fully saturated rings. The highest BCUT2D eigenvalue weighted by Gasteiger charge is 2.22. The third kappa shape index (κ3) is 2.81. The SMILES string of the molecule is O=[N+]([O-])c1ccc([C@H]2CC[C@@H](CO)OC2)cc1. The Labute approximate surface area is 99.2 Å². The van der Waals surface area contributed by atoms with Gasteiger partial charge >= 0.3 is 0 Å². The molecule has 0 radical (unpaired) electrons. The van der Waals surface area contributed by atoms with E-state index in [2.05, 4.69) is 0 Å². The van der Waals surface area contributed by atoms with Crippen molar-refractivity contribution < 1.29 is 14.8 Å². The van der Waals surface area contributed by atoms with E-state index in [1.807, 2.05) is 0 Å². The van der Waals surface area contributed by atoms with Gasteiger partial charge in [0.1, 0.15) is 0 Å². The number of benzene rings is 1. The Hall–Kier alpha value is -1.46. The lowest BCUT2D eigenvalue weighted by atomic mass is 9.91. The molecule has 0 amide bonds. The summed E-state index contributed by atoms with van der Waals surface area (Å²) in [5.74, 6) is 0.276. The average molecular weight is 237 g/mol. The van der Waals surface area contributed by atoms with Crippen molar-refractivity contribution in [2.45, 2.75) is 24.9 Å². The van der Waals surface area contributed by atoms with E-state index in [-0.39, 0.29) is 24.3 Å². The predicted molar refractivity (Wildman–Crippen MR) is 61.9 cm³/mol. The molecule has 1 aliphatic rings. The lowest BCUT2D eigenvalue weighted by Crippen LogP contribution is -2.27. The lowest BCUT2D eigenvalue weighted by Gasteiger charge is -2.28. The van der Waals surface area contributed by atoms with Crippen LogP contribution in [0.25, 0.3) is 0 Å². The molecule has 1 aromatic carbocycles. The second-order valence-corrected chi connectivity index (χ2v) is 4.26. The van der Waals surface area contributed by atoms with Crippen LogP contribution in [0, 0.1) is 10.1 Å². The van der Waals surface area contributed by atoms with E-state index in [0.29, 0.717) is 6.61 Å². The Bertz CT molecular complexity index is 382. The monoisotopic (exact) mass is 237 g/mol. The molecule has 5 nitrogen and oxygen atoms in total. The number of ether oxygens (including phenoxy) is 1. The maximum absolute atomic E-state index is 10.5. The first kappa shape index (κ1) is 12.0. The topological polar surface area (TPSA) is 72.6 Å². The van der Waals surface area contributed by atoms with E-state index in [9.17, 15) is 10.1 Å². The van der Waals surface area contributed by atoms with E-state index in [1.165, 1.54) is 12.1 Å². The molecule has 0 aromatic heterocycles. The zero-order valence-electron chi connectivity index (χ0n) is 9.41. The minimum atomic E-state index is -0.400. The molecule has 0 aliphatic carbocycles. The summed E-state index contributed by atoms with van der Waals surface area (Å²) in [4.78, 5) is 10.1. The molecule has 1 aliphatic heterocycles. The van der Waals surface area contributed by atoms with Crippen molar-refractivity contribution in [2.24, 2.45) is 0 Å². The zero-order chi connectivity index (χ0) is 12.3. The average Bonchev–Trinajstić information content (AvgIpc) is 2.39. The van der Waals surface area contributed by atoms with Crippen LogP contribution < -0.4 is 0 Å². The Balaban J connectivity index is 2.01. The summed E-state index contributed by atoms with van der Waals surface area (Å²) in [7, 11) is 0. The minimum absolute atomic E-state index is 0.0516. The number of nitro benzene ring substituents is 1. The van der Waals surface area contributed by atoms with Crippen molar-refractivity contribution in [3.63, 3.8) is 0 Å². The third-order valence-electron chi connectivity index (χ3n) is 3.15. The van der Waals surface area contributed by atoms with Crippen molar-refractivity contribution in [3.8, 4) is 0 Å². The van der Waals surface area contributed by atoms with Crippen LogP contribution in [0.3, 0.4) is 0 Å². The smallest absolute Gasteiger partial charge is 0.269 e. The van der Waals surface area contributed by atoms with Crippen LogP contribution in [0.2, 0.25) is 0 Å². The van der Waals surface area contributed by atoms with Gasteiger partial charge in [0.2, 0.25) is 0 Å².